The van der Waals surface area contributed by atoms with Gasteiger partial charge in [-0.05, 0) is 56.7 Å². The number of nitrogens with zero attached hydrogens (tertiary/aromatic N) is 2. The average Bonchev–Trinajstić information content (AvgIpc) is 3.26. The minimum atomic E-state index is -0.773. The number of allylic oxidation sites excluding steroid dienone is 1. The van der Waals surface area contributed by atoms with Crippen LogP contribution in [-0.2, 0) is 16.1 Å². The lowest BCUT2D eigenvalue weighted by Gasteiger charge is -2.26. The normalized spacial score (nSPS) is 15.0. The van der Waals surface area contributed by atoms with Crippen LogP contribution in [0.1, 0.15) is 43.5 Å². The van der Waals surface area contributed by atoms with Gasteiger partial charge in [-0.25, -0.2) is 14.2 Å². The highest BCUT2D eigenvalue weighted by Crippen LogP contribution is 2.36. The number of aromatic nitrogens is 1. The minimum absolute atomic E-state index is 0.106. The van der Waals surface area contributed by atoms with Gasteiger partial charge in [-0.3, -0.25) is 9.36 Å². The van der Waals surface area contributed by atoms with Crippen molar-refractivity contribution in [1.29, 1.82) is 0 Å². The molecule has 0 spiro atoms. The van der Waals surface area contributed by atoms with Crippen LogP contribution in [0.3, 0.4) is 0 Å². The lowest BCUT2D eigenvalue weighted by atomic mass is 9.95. The van der Waals surface area contributed by atoms with Gasteiger partial charge in [-0.1, -0.05) is 59.9 Å². The Morgan fingerprint density at radius 1 is 1.07 bits per heavy atom. The Hall–Kier alpha value is -4.50. The van der Waals surface area contributed by atoms with Gasteiger partial charge in [0, 0.05) is 11.1 Å². The molecule has 0 radical (unpaired) electrons. The Bertz CT molecular complexity index is 1800. The van der Waals surface area contributed by atoms with Gasteiger partial charge in [0.2, 0.25) is 0 Å². The largest absolute Gasteiger partial charge is 0.491 e. The van der Waals surface area contributed by atoms with Gasteiger partial charge in [0.25, 0.3) is 5.56 Å². The fraction of sp³-hybridized carbons (Fsp3) is 0.219. The van der Waals surface area contributed by atoms with E-state index in [-0.39, 0.29) is 29.7 Å². The van der Waals surface area contributed by atoms with E-state index in [4.69, 9.17) is 14.2 Å². The molecule has 41 heavy (non-hydrogen) atoms. The van der Waals surface area contributed by atoms with Gasteiger partial charge < -0.3 is 14.2 Å². The first kappa shape index (κ1) is 28.0. The molecule has 0 aliphatic carbocycles. The van der Waals surface area contributed by atoms with Crippen LogP contribution < -0.4 is 24.4 Å². The van der Waals surface area contributed by atoms with Gasteiger partial charge >= 0.3 is 5.97 Å². The number of fused-ring (bicyclic) bond motifs is 1. The fourth-order valence-electron chi connectivity index (χ4n) is 4.64. The van der Waals surface area contributed by atoms with E-state index in [2.05, 4.69) is 4.99 Å². The van der Waals surface area contributed by atoms with Gasteiger partial charge in [0.15, 0.2) is 4.80 Å². The fourth-order valence-corrected chi connectivity index (χ4v) is 5.69. The number of hydrogen-bond acceptors (Lipinski definition) is 7. The van der Waals surface area contributed by atoms with Crippen molar-refractivity contribution in [3.63, 3.8) is 0 Å². The SMILES string of the molecule is COC(=O)C1=C(C)N=c2sc(=Cc3ccc(OCc4ccccc4F)cc3)c(=O)n2C1c1ccccc1OC(C)C. The summed E-state index contributed by atoms with van der Waals surface area (Å²) in [5.41, 5.74) is 2.38. The summed E-state index contributed by atoms with van der Waals surface area (Å²) in [7, 11) is 1.31. The Balaban J connectivity index is 1.53. The van der Waals surface area contributed by atoms with Crippen molar-refractivity contribution in [2.45, 2.75) is 39.5 Å². The van der Waals surface area contributed by atoms with Gasteiger partial charge in [0.1, 0.15) is 30.0 Å². The van der Waals surface area contributed by atoms with E-state index in [1.807, 2.05) is 50.2 Å². The molecule has 1 unspecified atom stereocenters. The second-order valence-electron chi connectivity index (χ2n) is 9.73. The summed E-state index contributed by atoms with van der Waals surface area (Å²) in [5, 5.41) is 0. The molecule has 1 aliphatic heterocycles. The number of halogens is 1. The maximum absolute atomic E-state index is 13.9. The number of carbonyl (C=O) groups is 1. The highest BCUT2D eigenvalue weighted by Gasteiger charge is 2.34. The van der Waals surface area contributed by atoms with Crippen LogP contribution in [0.2, 0.25) is 0 Å². The first-order valence-corrected chi connectivity index (χ1v) is 13.9. The molecule has 2 heterocycles. The summed E-state index contributed by atoms with van der Waals surface area (Å²) in [5.74, 6) is 0.272. The molecule has 1 atom stereocenters. The molecule has 0 N–H and O–H groups in total. The van der Waals surface area contributed by atoms with E-state index in [0.717, 1.165) is 5.56 Å². The summed E-state index contributed by atoms with van der Waals surface area (Å²) in [6, 6.07) is 20.3. The second kappa shape index (κ2) is 11.9. The minimum Gasteiger partial charge on any atom is -0.491 e. The van der Waals surface area contributed by atoms with Crippen molar-refractivity contribution in [3.05, 3.63) is 126 Å². The number of benzene rings is 3. The van der Waals surface area contributed by atoms with E-state index in [9.17, 15) is 14.0 Å². The molecular weight excluding hydrogens is 543 g/mol. The van der Waals surface area contributed by atoms with Gasteiger partial charge in [-0.2, -0.15) is 0 Å². The van der Waals surface area contributed by atoms with Crippen LogP contribution in [0.15, 0.2) is 93.9 Å². The first-order valence-electron chi connectivity index (χ1n) is 13.1. The number of thiazole rings is 1. The third-order valence-electron chi connectivity index (χ3n) is 6.53. The van der Waals surface area contributed by atoms with Crippen LogP contribution in [0, 0.1) is 5.82 Å². The molecule has 9 heteroatoms. The van der Waals surface area contributed by atoms with E-state index < -0.39 is 12.0 Å². The van der Waals surface area contributed by atoms with Crippen LogP contribution >= 0.6 is 11.3 Å². The van der Waals surface area contributed by atoms with Crippen molar-refractivity contribution in [3.8, 4) is 11.5 Å². The number of rotatable bonds is 8. The molecule has 3 aromatic carbocycles. The van der Waals surface area contributed by atoms with E-state index >= 15 is 0 Å². The maximum atomic E-state index is 13.9. The lowest BCUT2D eigenvalue weighted by molar-refractivity contribution is -0.136. The molecule has 0 amide bonds. The Labute approximate surface area is 240 Å². The number of para-hydroxylation sites is 1. The molecular formula is C32H29FN2O5S. The molecule has 0 fully saturated rings. The molecule has 7 nitrogen and oxygen atoms in total. The number of hydrogen-bond donors (Lipinski definition) is 0. The van der Waals surface area contributed by atoms with Crippen molar-refractivity contribution in [2.24, 2.45) is 4.99 Å². The van der Waals surface area contributed by atoms with Crippen LogP contribution in [0.4, 0.5) is 4.39 Å². The molecule has 5 rings (SSSR count). The quantitative estimate of drug-likeness (QED) is 0.280. The molecule has 210 valence electrons. The van der Waals surface area contributed by atoms with Gasteiger partial charge in [-0.15, -0.1) is 0 Å². The maximum Gasteiger partial charge on any atom is 0.338 e. The van der Waals surface area contributed by atoms with Gasteiger partial charge in [0.05, 0.1) is 29.0 Å². The van der Waals surface area contributed by atoms with Crippen LogP contribution in [0.5, 0.6) is 11.5 Å². The highest BCUT2D eigenvalue weighted by molar-refractivity contribution is 7.07. The van der Waals surface area contributed by atoms with Crippen molar-refractivity contribution < 1.29 is 23.4 Å². The molecule has 4 aromatic rings. The number of carbonyl (C=O) groups excluding carboxylic acids is 1. The topological polar surface area (TPSA) is 79.1 Å². The Kier molecular flexibility index (Phi) is 8.16. The zero-order chi connectivity index (χ0) is 29.1. The third-order valence-corrected chi connectivity index (χ3v) is 7.52. The number of esters is 1. The van der Waals surface area contributed by atoms with E-state index in [0.29, 0.717) is 37.7 Å². The molecule has 0 bridgehead atoms. The number of methoxy groups -OCH3 is 1. The lowest BCUT2D eigenvalue weighted by Crippen LogP contribution is -2.40. The zero-order valence-electron chi connectivity index (χ0n) is 23.1. The first-order chi connectivity index (χ1) is 19.8. The summed E-state index contributed by atoms with van der Waals surface area (Å²) in [6.07, 6.45) is 1.66. The zero-order valence-corrected chi connectivity index (χ0v) is 23.9. The monoisotopic (exact) mass is 572 g/mol. The standard InChI is InChI=1S/C32H29FN2O5S/c1-19(2)40-26-12-8-6-10-24(26)29-28(31(37)38-4)20(3)34-32-35(29)30(36)27(41-32)17-21-13-15-23(16-14-21)39-18-22-9-5-7-11-25(22)33/h5-17,19,29H,18H2,1-4H3. The number of ether oxygens (including phenoxy) is 3. The molecule has 1 aromatic heterocycles. The highest BCUT2D eigenvalue weighted by atomic mass is 32.1. The van der Waals surface area contributed by atoms with Crippen LogP contribution in [-0.4, -0.2) is 23.8 Å². The summed E-state index contributed by atoms with van der Waals surface area (Å²) < 4.78 is 32.8. The summed E-state index contributed by atoms with van der Waals surface area (Å²) >= 11 is 1.24. The average molecular weight is 573 g/mol. The smallest absolute Gasteiger partial charge is 0.338 e. The van der Waals surface area contributed by atoms with Crippen LogP contribution in [0.25, 0.3) is 6.08 Å². The van der Waals surface area contributed by atoms with E-state index in [1.165, 1.54) is 29.1 Å². The van der Waals surface area contributed by atoms with Crippen molar-refractivity contribution >= 4 is 23.4 Å². The second-order valence-corrected chi connectivity index (χ2v) is 10.7. The van der Waals surface area contributed by atoms with E-state index in [1.54, 1.807) is 43.3 Å². The summed E-state index contributed by atoms with van der Waals surface area (Å²) in [6.45, 7) is 5.68. The Morgan fingerprint density at radius 3 is 2.49 bits per heavy atom. The molecule has 1 aliphatic rings. The Morgan fingerprint density at radius 2 is 1.78 bits per heavy atom. The third kappa shape index (κ3) is 5.85. The summed E-state index contributed by atoms with van der Waals surface area (Å²) in [4.78, 5) is 31.9. The molecule has 0 saturated carbocycles. The molecule has 0 saturated heterocycles. The van der Waals surface area contributed by atoms with Crippen molar-refractivity contribution in [2.75, 3.05) is 7.11 Å². The predicted octanol–water partition coefficient (Wildman–Crippen LogP) is 4.91. The predicted molar refractivity (Wildman–Crippen MR) is 155 cm³/mol. The van der Waals surface area contributed by atoms with Crippen molar-refractivity contribution in [1.82, 2.24) is 4.57 Å².